The number of carbonyl (C=O) groups is 3. The molecule has 2 N–H and O–H groups in total. The average Bonchev–Trinajstić information content (AvgIpc) is 3.25. The van der Waals surface area contributed by atoms with Crippen LogP contribution in [-0.4, -0.2) is 48.3 Å². The molecule has 2 saturated heterocycles. The second-order valence-corrected chi connectivity index (χ2v) is 7.63. The molecule has 4 rings (SSSR count). The van der Waals surface area contributed by atoms with E-state index in [4.69, 9.17) is 0 Å². The lowest BCUT2D eigenvalue weighted by Gasteiger charge is -2.32. The van der Waals surface area contributed by atoms with Gasteiger partial charge in [0.25, 0.3) is 0 Å². The van der Waals surface area contributed by atoms with Gasteiger partial charge in [0.05, 0.1) is 5.92 Å². The summed E-state index contributed by atoms with van der Waals surface area (Å²) in [6.45, 7) is 2.20. The highest BCUT2D eigenvalue weighted by Crippen LogP contribution is 2.37. The van der Waals surface area contributed by atoms with Crippen molar-refractivity contribution in [3.05, 3.63) is 35.4 Å². The van der Waals surface area contributed by atoms with Gasteiger partial charge in [-0.3, -0.25) is 14.4 Å². The molecule has 3 unspecified atom stereocenters. The monoisotopic (exact) mass is 355 g/mol. The van der Waals surface area contributed by atoms with Gasteiger partial charge in [-0.1, -0.05) is 24.3 Å². The van der Waals surface area contributed by atoms with E-state index in [1.54, 1.807) is 0 Å². The van der Waals surface area contributed by atoms with E-state index in [9.17, 15) is 14.4 Å². The number of nitrogens with one attached hydrogen (secondary N) is 2. The number of benzene rings is 1. The van der Waals surface area contributed by atoms with E-state index in [2.05, 4.69) is 22.8 Å². The third-order valence-corrected chi connectivity index (χ3v) is 5.91. The number of nitrogens with zero attached hydrogens (tertiary/aromatic N) is 1. The number of fused-ring (bicyclic) bond motifs is 1. The fraction of sp³-hybridized carbons (Fsp3) is 0.550. The molecule has 3 atom stereocenters. The van der Waals surface area contributed by atoms with Crippen molar-refractivity contribution in [3.8, 4) is 0 Å². The zero-order valence-corrected chi connectivity index (χ0v) is 14.9. The molecule has 2 fully saturated rings. The van der Waals surface area contributed by atoms with Crippen LogP contribution in [0.4, 0.5) is 0 Å². The van der Waals surface area contributed by atoms with E-state index in [0.717, 1.165) is 32.4 Å². The topological polar surface area (TPSA) is 78.5 Å². The number of carbonyl (C=O) groups excluding carboxylic acids is 3. The molecule has 1 aliphatic carbocycles. The smallest absolute Gasteiger partial charge is 0.242 e. The van der Waals surface area contributed by atoms with Crippen LogP contribution < -0.4 is 10.6 Å². The lowest BCUT2D eigenvalue weighted by molar-refractivity contribution is -0.132. The van der Waals surface area contributed by atoms with Gasteiger partial charge in [0, 0.05) is 26.1 Å². The molecule has 6 nitrogen and oxygen atoms in total. The van der Waals surface area contributed by atoms with E-state index in [0.29, 0.717) is 25.3 Å². The minimum atomic E-state index is -0.372. The predicted molar refractivity (Wildman–Crippen MR) is 96.4 cm³/mol. The number of hydrogen-bond donors (Lipinski definition) is 2. The molecular formula is C20H25N3O3. The van der Waals surface area contributed by atoms with E-state index in [-0.39, 0.29) is 29.7 Å². The average molecular weight is 355 g/mol. The Balaban J connectivity index is 1.20. The van der Waals surface area contributed by atoms with Gasteiger partial charge in [-0.05, 0) is 42.7 Å². The fourth-order valence-corrected chi connectivity index (χ4v) is 4.30. The van der Waals surface area contributed by atoms with E-state index >= 15 is 0 Å². The summed E-state index contributed by atoms with van der Waals surface area (Å²) in [6, 6.07) is 7.81. The summed E-state index contributed by atoms with van der Waals surface area (Å²) in [7, 11) is 0. The Morgan fingerprint density at radius 3 is 2.85 bits per heavy atom. The molecule has 26 heavy (non-hydrogen) atoms. The van der Waals surface area contributed by atoms with E-state index in [1.165, 1.54) is 11.1 Å². The minimum Gasteiger partial charge on any atom is -0.354 e. The number of rotatable bonds is 5. The Morgan fingerprint density at radius 1 is 1.23 bits per heavy atom. The standard InChI is InChI=1S/C20H25N3O3/c24-18-6-5-17(22-18)19(25)21-9-7-13-8-10-23(12-13)20(26)16-11-14-3-1-2-4-15(14)16/h1-4,13,16-17H,5-12H2,(H,21,25)(H,22,24). The second-order valence-electron chi connectivity index (χ2n) is 7.63. The third-order valence-electron chi connectivity index (χ3n) is 5.91. The molecule has 3 aliphatic rings. The van der Waals surface area contributed by atoms with Gasteiger partial charge in [0.2, 0.25) is 17.7 Å². The van der Waals surface area contributed by atoms with Crippen molar-refractivity contribution in [1.29, 1.82) is 0 Å². The maximum atomic E-state index is 12.7. The molecule has 138 valence electrons. The minimum absolute atomic E-state index is 0.0376. The van der Waals surface area contributed by atoms with Crippen molar-refractivity contribution in [2.45, 2.75) is 44.1 Å². The largest absolute Gasteiger partial charge is 0.354 e. The van der Waals surface area contributed by atoms with Gasteiger partial charge in [-0.15, -0.1) is 0 Å². The van der Waals surface area contributed by atoms with Gasteiger partial charge >= 0.3 is 0 Å². The number of hydrogen-bond acceptors (Lipinski definition) is 3. The fourth-order valence-electron chi connectivity index (χ4n) is 4.30. The molecule has 0 spiro atoms. The normalized spacial score (nSPS) is 26.8. The van der Waals surface area contributed by atoms with Crippen LogP contribution in [0.15, 0.2) is 24.3 Å². The van der Waals surface area contributed by atoms with Crippen LogP contribution in [0.2, 0.25) is 0 Å². The Kier molecular flexibility index (Phi) is 4.66. The van der Waals surface area contributed by atoms with Crippen molar-refractivity contribution in [3.63, 3.8) is 0 Å². The molecule has 1 aromatic rings. The Hall–Kier alpha value is -2.37. The third kappa shape index (κ3) is 3.32. The maximum absolute atomic E-state index is 12.7. The summed E-state index contributed by atoms with van der Waals surface area (Å²) < 4.78 is 0. The molecule has 1 aromatic carbocycles. The molecule has 0 radical (unpaired) electrons. The Labute approximate surface area is 153 Å². The van der Waals surface area contributed by atoms with Crippen LogP contribution in [0.3, 0.4) is 0 Å². The first-order valence-electron chi connectivity index (χ1n) is 9.55. The zero-order chi connectivity index (χ0) is 18.1. The first-order chi connectivity index (χ1) is 12.6. The lowest BCUT2D eigenvalue weighted by Crippen LogP contribution is -2.42. The van der Waals surface area contributed by atoms with Gasteiger partial charge in [-0.2, -0.15) is 0 Å². The molecular weight excluding hydrogens is 330 g/mol. The van der Waals surface area contributed by atoms with Crippen LogP contribution in [0.25, 0.3) is 0 Å². The summed E-state index contributed by atoms with van der Waals surface area (Å²) in [5, 5.41) is 5.60. The van der Waals surface area contributed by atoms with Crippen LogP contribution in [0.5, 0.6) is 0 Å². The molecule has 0 saturated carbocycles. The van der Waals surface area contributed by atoms with Crippen molar-refractivity contribution in [2.24, 2.45) is 5.92 Å². The molecule has 2 heterocycles. The van der Waals surface area contributed by atoms with Gasteiger partial charge < -0.3 is 15.5 Å². The quantitative estimate of drug-likeness (QED) is 0.826. The van der Waals surface area contributed by atoms with Gasteiger partial charge in [0.1, 0.15) is 6.04 Å². The molecule has 0 bridgehead atoms. The Bertz CT molecular complexity index is 733. The summed E-state index contributed by atoms with van der Waals surface area (Å²) in [6.07, 6.45) is 3.74. The molecule has 0 aromatic heterocycles. The lowest BCUT2D eigenvalue weighted by atomic mass is 9.77. The van der Waals surface area contributed by atoms with E-state index < -0.39 is 0 Å². The summed E-state index contributed by atoms with van der Waals surface area (Å²) in [5.74, 6) is 0.591. The number of likely N-dealkylation sites (tertiary alicyclic amines) is 1. The van der Waals surface area contributed by atoms with Crippen molar-refractivity contribution in [1.82, 2.24) is 15.5 Å². The molecule has 3 amide bonds. The summed E-state index contributed by atoms with van der Waals surface area (Å²) >= 11 is 0. The maximum Gasteiger partial charge on any atom is 0.242 e. The van der Waals surface area contributed by atoms with Crippen LogP contribution >= 0.6 is 0 Å². The first-order valence-corrected chi connectivity index (χ1v) is 9.55. The van der Waals surface area contributed by atoms with E-state index in [1.807, 2.05) is 17.0 Å². The zero-order valence-electron chi connectivity index (χ0n) is 14.9. The van der Waals surface area contributed by atoms with Crippen LogP contribution in [-0.2, 0) is 20.8 Å². The van der Waals surface area contributed by atoms with Crippen molar-refractivity contribution in [2.75, 3.05) is 19.6 Å². The van der Waals surface area contributed by atoms with Crippen molar-refractivity contribution >= 4 is 17.7 Å². The predicted octanol–water partition coefficient (Wildman–Crippen LogP) is 0.960. The highest BCUT2D eigenvalue weighted by atomic mass is 16.2. The van der Waals surface area contributed by atoms with Crippen LogP contribution in [0, 0.1) is 5.92 Å². The highest BCUT2D eigenvalue weighted by Gasteiger charge is 2.37. The van der Waals surface area contributed by atoms with Crippen molar-refractivity contribution < 1.29 is 14.4 Å². The first kappa shape index (κ1) is 17.1. The Morgan fingerprint density at radius 2 is 2.08 bits per heavy atom. The SMILES string of the molecule is O=C1CCC(C(=O)NCCC2CCN(C(=O)C3Cc4ccccc43)C2)N1. The summed E-state index contributed by atoms with van der Waals surface area (Å²) in [5.41, 5.74) is 2.48. The molecule has 2 aliphatic heterocycles. The van der Waals surface area contributed by atoms with Gasteiger partial charge in [0.15, 0.2) is 0 Å². The second kappa shape index (κ2) is 7.09. The summed E-state index contributed by atoms with van der Waals surface area (Å²) in [4.78, 5) is 37.9. The number of amides is 3. The van der Waals surface area contributed by atoms with Crippen LogP contribution in [0.1, 0.15) is 42.7 Å². The van der Waals surface area contributed by atoms with Gasteiger partial charge in [-0.25, -0.2) is 0 Å². The molecule has 6 heteroatoms. The highest BCUT2D eigenvalue weighted by molar-refractivity contribution is 5.90.